The molecule has 0 amide bonds. The molecule has 0 spiro atoms. The van der Waals surface area contributed by atoms with Crippen molar-refractivity contribution in [3.63, 3.8) is 0 Å². The molecule has 3 N–H and O–H groups in total. The van der Waals surface area contributed by atoms with E-state index in [1.165, 1.54) is 0 Å². The van der Waals surface area contributed by atoms with Crippen molar-refractivity contribution in [3.05, 3.63) is 51.7 Å². The fourth-order valence-corrected chi connectivity index (χ4v) is 2.85. The van der Waals surface area contributed by atoms with Gasteiger partial charge in [0.05, 0.1) is 12.2 Å². The minimum Gasteiger partial charge on any atom is -0.443 e. The predicted molar refractivity (Wildman–Crippen MR) is 91.8 cm³/mol. The molecule has 7 heteroatoms. The van der Waals surface area contributed by atoms with Crippen molar-refractivity contribution in [2.45, 2.75) is 38.3 Å². The smallest absolute Gasteiger partial charge is 0.197 e. The van der Waals surface area contributed by atoms with Gasteiger partial charge in [-0.3, -0.25) is 0 Å². The molecule has 23 heavy (non-hydrogen) atoms. The Morgan fingerprint density at radius 3 is 2.96 bits per heavy atom. The van der Waals surface area contributed by atoms with Gasteiger partial charge in [0.25, 0.3) is 0 Å². The van der Waals surface area contributed by atoms with E-state index in [2.05, 4.69) is 15.3 Å². The highest BCUT2D eigenvalue weighted by molar-refractivity contribution is 6.35. The fourth-order valence-electron chi connectivity index (χ4n) is 2.28. The third-order valence-electron chi connectivity index (χ3n) is 3.70. The van der Waals surface area contributed by atoms with Gasteiger partial charge in [0.2, 0.25) is 0 Å². The van der Waals surface area contributed by atoms with E-state index in [1.54, 1.807) is 18.3 Å². The third-order valence-corrected chi connectivity index (χ3v) is 4.26. The molecule has 3 rings (SSSR count). The van der Waals surface area contributed by atoms with Crippen LogP contribution in [0, 0.1) is 0 Å². The Morgan fingerprint density at radius 2 is 2.26 bits per heavy atom. The van der Waals surface area contributed by atoms with Gasteiger partial charge in [-0.2, -0.15) is 0 Å². The summed E-state index contributed by atoms with van der Waals surface area (Å²) in [4.78, 5) is 8.54. The Hall–Kier alpha value is -1.72. The number of oxazole rings is 1. The number of benzene rings is 1. The van der Waals surface area contributed by atoms with Crippen LogP contribution < -0.4 is 11.1 Å². The van der Waals surface area contributed by atoms with Crippen LogP contribution in [0.4, 0.5) is 0 Å². The second kappa shape index (κ2) is 6.81. The van der Waals surface area contributed by atoms with E-state index in [0.29, 0.717) is 34.2 Å². The average Bonchev–Trinajstić information content (AvgIpc) is 3.24. The molecule has 1 saturated carbocycles. The second-order valence-corrected chi connectivity index (χ2v) is 6.52. The SMILES string of the molecule is CC(NC(N)=NCc1cnc(C2CC2)o1)c1ccc(Cl)cc1Cl. The highest BCUT2D eigenvalue weighted by Crippen LogP contribution is 2.39. The molecule has 122 valence electrons. The highest BCUT2D eigenvalue weighted by Gasteiger charge is 2.28. The van der Waals surface area contributed by atoms with Gasteiger partial charge in [-0.15, -0.1) is 0 Å². The van der Waals surface area contributed by atoms with Gasteiger partial charge < -0.3 is 15.5 Å². The zero-order chi connectivity index (χ0) is 16.4. The van der Waals surface area contributed by atoms with Crippen molar-refractivity contribution in [3.8, 4) is 0 Å². The van der Waals surface area contributed by atoms with Gasteiger partial charge in [0.15, 0.2) is 11.9 Å². The first kappa shape index (κ1) is 16.1. The lowest BCUT2D eigenvalue weighted by Crippen LogP contribution is -2.33. The average molecular weight is 353 g/mol. The normalized spacial score (nSPS) is 16.4. The first-order chi connectivity index (χ1) is 11.0. The van der Waals surface area contributed by atoms with Crippen LogP contribution in [0.2, 0.25) is 10.0 Å². The number of hydrogen-bond acceptors (Lipinski definition) is 3. The topological polar surface area (TPSA) is 76.4 Å². The van der Waals surface area contributed by atoms with Crippen LogP contribution in [-0.2, 0) is 6.54 Å². The van der Waals surface area contributed by atoms with Gasteiger partial charge >= 0.3 is 0 Å². The molecular weight excluding hydrogens is 335 g/mol. The Morgan fingerprint density at radius 1 is 1.48 bits per heavy atom. The van der Waals surface area contributed by atoms with E-state index < -0.39 is 0 Å². The third kappa shape index (κ3) is 4.18. The summed E-state index contributed by atoms with van der Waals surface area (Å²) in [6, 6.07) is 5.29. The summed E-state index contributed by atoms with van der Waals surface area (Å²) in [5.41, 5.74) is 6.83. The number of rotatable bonds is 5. The van der Waals surface area contributed by atoms with Crippen molar-refractivity contribution in [1.82, 2.24) is 10.3 Å². The van der Waals surface area contributed by atoms with Gasteiger partial charge in [0, 0.05) is 16.0 Å². The summed E-state index contributed by atoms with van der Waals surface area (Å²) in [5, 5.41) is 4.30. The number of nitrogens with one attached hydrogen (secondary N) is 1. The lowest BCUT2D eigenvalue weighted by Gasteiger charge is -2.16. The van der Waals surface area contributed by atoms with Gasteiger partial charge in [-0.1, -0.05) is 29.3 Å². The number of nitrogens with two attached hydrogens (primary N) is 1. The molecule has 1 aliphatic rings. The van der Waals surface area contributed by atoms with Crippen LogP contribution in [0.3, 0.4) is 0 Å². The molecule has 0 saturated heterocycles. The Balaban J connectivity index is 1.59. The van der Waals surface area contributed by atoms with Gasteiger partial charge in [-0.25, -0.2) is 9.98 Å². The molecule has 1 aromatic carbocycles. The molecule has 0 aliphatic heterocycles. The van der Waals surface area contributed by atoms with Crippen LogP contribution in [0.5, 0.6) is 0 Å². The highest BCUT2D eigenvalue weighted by atomic mass is 35.5. The summed E-state index contributed by atoms with van der Waals surface area (Å²) in [5.74, 6) is 2.35. The summed E-state index contributed by atoms with van der Waals surface area (Å²) in [6.45, 7) is 2.32. The Bertz CT molecular complexity index is 725. The lowest BCUT2D eigenvalue weighted by atomic mass is 10.1. The monoisotopic (exact) mass is 352 g/mol. The van der Waals surface area contributed by atoms with Crippen molar-refractivity contribution < 1.29 is 4.42 Å². The van der Waals surface area contributed by atoms with Crippen molar-refractivity contribution in [2.24, 2.45) is 10.7 Å². The molecule has 1 aliphatic carbocycles. The number of nitrogens with zero attached hydrogens (tertiary/aromatic N) is 2. The van der Waals surface area contributed by atoms with Crippen LogP contribution in [0.1, 0.15) is 48.9 Å². The van der Waals surface area contributed by atoms with Gasteiger partial charge in [-0.05, 0) is 37.5 Å². The minimum absolute atomic E-state index is 0.0831. The maximum atomic E-state index is 6.19. The molecule has 1 aromatic heterocycles. The van der Waals surface area contributed by atoms with Crippen molar-refractivity contribution in [2.75, 3.05) is 0 Å². The van der Waals surface area contributed by atoms with E-state index in [9.17, 15) is 0 Å². The van der Waals surface area contributed by atoms with E-state index >= 15 is 0 Å². The predicted octanol–water partition coefficient (Wildman–Crippen LogP) is 4.02. The van der Waals surface area contributed by atoms with Crippen LogP contribution in [0.25, 0.3) is 0 Å². The van der Waals surface area contributed by atoms with Crippen LogP contribution in [-0.4, -0.2) is 10.9 Å². The standard InChI is InChI=1S/C16H18Cl2N4O/c1-9(13-5-4-11(17)6-14(13)18)22-16(19)21-8-12-7-20-15(23-12)10-2-3-10/h4-7,9-10H,2-3,8H2,1H3,(H3,19,21,22). The van der Waals surface area contributed by atoms with E-state index in [1.807, 2.05) is 13.0 Å². The molecule has 1 atom stereocenters. The van der Waals surface area contributed by atoms with Gasteiger partial charge in [0.1, 0.15) is 12.3 Å². The maximum absolute atomic E-state index is 6.19. The first-order valence-electron chi connectivity index (χ1n) is 7.49. The minimum atomic E-state index is -0.0831. The molecule has 1 unspecified atom stereocenters. The number of aliphatic imine (C=N–C) groups is 1. The Labute approximate surface area is 144 Å². The summed E-state index contributed by atoms with van der Waals surface area (Å²) < 4.78 is 5.64. The lowest BCUT2D eigenvalue weighted by molar-refractivity contribution is 0.458. The second-order valence-electron chi connectivity index (χ2n) is 5.67. The molecule has 0 bridgehead atoms. The molecule has 1 fully saturated rings. The zero-order valence-corrected chi connectivity index (χ0v) is 14.2. The zero-order valence-electron chi connectivity index (χ0n) is 12.7. The number of aromatic nitrogens is 1. The summed E-state index contributed by atoms with van der Waals surface area (Å²) >= 11 is 12.1. The number of hydrogen-bond donors (Lipinski definition) is 2. The Kier molecular flexibility index (Phi) is 4.78. The quantitative estimate of drug-likeness (QED) is 0.629. The van der Waals surface area contributed by atoms with Crippen LogP contribution in [0.15, 0.2) is 33.8 Å². The summed E-state index contributed by atoms with van der Waals surface area (Å²) in [6.07, 6.45) is 4.03. The molecule has 5 nitrogen and oxygen atoms in total. The van der Waals surface area contributed by atoms with E-state index in [-0.39, 0.29) is 6.04 Å². The fraction of sp³-hybridized carbons (Fsp3) is 0.375. The molecule has 1 heterocycles. The number of halogens is 2. The molecule has 0 radical (unpaired) electrons. The largest absolute Gasteiger partial charge is 0.443 e. The molecule has 2 aromatic rings. The van der Waals surface area contributed by atoms with Crippen molar-refractivity contribution in [1.29, 1.82) is 0 Å². The molecular formula is C16H18Cl2N4O. The first-order valence-corrected chi connectivity index (χ1v) is 8.24. The van der Waals surface area contributed by atoms with E-state index in [4.69, 9.17) is 33.4 Å². The summed E-state index contributed by atoms with van der Waals surface area (Å²) in [7, 11) is 0. The van der Waals surface area contributed by atoms with Crippen molar-refractivity contribution >= 4 is 29.2 Å². The number of guanidine groups is 1. The maximum Gasteiger partial charge on any atom is 0.197 e. The van der Waals surface area contributed by atoms with Crippen LogP contribution >= 0.6 is 23.2 Å². The van der Waals surface area contributed by atoms with E-state index in [0.717, 1.165) is 24.3 Å².